The molecule has 7 nitrogen and oxygen atoms in total. The molecule has 0 saturated carbocycles. The van der Waals surface area contributed by atoms with Gasteiger partial charge in [-0.25, -0.2) is 13.4 Å². The van der Waals surface area contributed by atoms with Gasteiger partial charge in [-0.05, 0) is 30.3 Å². The molecule has 8 heteroatoms. The quantitative estimate of drug-likeness (QED) is 0.838. The zero-order chi connectivity index (χ0) is 17.0. The van der Waals surface area contributed by atoms with Gasteiger partial charge in [-0.1, -0.05) is 0 Å². The highest BCUT2D eigenvalue weighted by Crippen LogP contribution is 2.23. The molecule has 0 bridgehead atoms. The third kappa shape index (κ3) is 3.54. The predicted octanol–water partition coefficient (Wildman–Crippen LogP) is 1.77. The van der Waals surface area contributed by atoms with Crippen molar-refractivity contribution < 1.29 is 17.9 Å². The van der Waals surface area contributed by atoms with Crippen molar-refractivity contribution in [2.24, 2.45) is 0 Å². The lowest BCUT2D eigenvalue weighted by atomic mass is 10.3. The van der Waals surface area contributed by atoms with E-state index in [1.807, 2.05) is 6.07 Å². The first-order valence-electron chi connectivity index (χ1n) is 7.31. The normalized spacial score (nSPS) is 15.6. The number of hydrogen-bond donors (Lipinski definition) is 0. The molecule has 0 unspecified atom stereocenters. The van der Waals surface area contributed by atoms with Gasteiger partial charge in [-0.3, -0.25) is 0 Å². The topological polar surface area (TPSA) is 92.5 Å². The fourth-order valence-electron chi connectivity index (χ4n) is 2.24. The van der Waals surface area contributed by atoms with Crippen molar-refractivity contribution in [1.82, 2.24) is 9.29 Å². The molecule has 1 aliphatic rings. The second-order valence-corrected chi connectivity index (χ2v) is 7.02. The van der Waals surface area contributed by atoms with Crippen LogP contribution in [0.4, 0.5) is 0 Å². The summed E-state index contributed by atoms with van der Waals surface area (Å²) in [6, 6.07) is 11.3. The molecular weight excluding hydrogens is 330 g/mol. The fourth-order valence-corrected chi connectivity index (χ4v) is 3.65. The Morgan fingerprint density at radius 1 is 1.12 bits per heavy atom. The van der Waals surface area contributed by atoms with Crippen LogP contribution >= 0.6 is 0 Å². The van der Waals surface area contributed by atoms with E-state index in [2.05, 4.69) is 4.98 Å². The molecule has 0 amide bonds. The van der Waals surface area contributed by atoms with Crippen LogP contribution in [0.5, 0.6) is 11.6 Å². The van der Waals surface area contributed by atoms with Crippen LogP contribution in [-0.2, 0) is 14.8 Å². The molecule has 0 atom stereocenters. The fraction of sp³-hybridized carbons (Fsp3) is 0.250. The Morgan fingerprint density at radius 3 is 2.42 bits per heavy atom. The van der Waals surface area contributed by atoms with Crippen molar-refractivity contribution in [1.29, 1.82) is 5.26 Å². The van der Waals surface area contributed by atoms with Crippen LogP contribution in [0.3, 0.4) is 0 Å². The molecule has 3 rings (SSSR count). The van der Waals surface area contributed by atoms with Gasteiger partial charge < -0.3 is 9.47 Å². The summed E-state index contributed by atoms with van der Waals surface area (Å²) in [5.41, 5.74) is 0.439. The maximum absolute atomic E-state index is 12.5. The Bertz CT molecular complexity index is 836. The lowest BCUT2D eigenvalue weighted by Gasteiger charge is -2.26. The van der Waals surface area contributed by atoms with Crippen molar-refractivity contribution in [3.05, 3.63) is 48.2 Å². The number of rotatable bonds is 4. The summed E-state index contributed by atoms with van der Waals surface area (Å²) in [4.78, 5) is 4.22. The first-order valence-corrected chi connectivity index (χ1v) is 8.75. The molecule has 1 saturated heterocycles. The van der Waals surface area contributed by atoms with Crippen molar-refractivity contribution >= 4 is 10.0 Å². The van der Waals surface area contributed by atoms with Crippen LogP contribution in [0, 0.1) is 11.3 Å². The summed E-state index contributed by atoms with van der Waals surface area (Å²) in [6.07, 6.45) is 1.41. The van der Waals surface area contributed by atoms with E-state index in [0.29, 0.717) is 43.5 Å². The average Bonchev–Trinajstić information content (AvgIpc) is 2.63. The molecule has 2 heterocycles. The Balaban J connectivity index is 1.73. The van der Waals surface area contributed by atoms with E-state index in [4.69, 9.17) is 14.7 Å². The first-order chi connectivity index (χ1) is 11.6. The van der Waals surface area contributed by atoms with E-state index in [1.54, 1.807) is 24.3 Å². The van der Waals surface area contributed by atoms with Crippen LogP contribution in [0.1, 0.15) is 5.56 Å². The van der Waals surface area contributed by atoms with E-state index >= 15 is 0 Å². The molecule has 0 N–H and O–H groups in total. The first kappa shape index (κ1) is 16.4. The number of pyridine rings is 1. The zero-order valence-corrected chi connectivity index (χ0v) is 13.6. The number of sulfonamides is 1. The largest absolute Gasteiger partial charge is 0.439 e. The maximum Gasteiger partial charge on any atom is 0.243 e. The second-order valence-electron chi connectivity index (χ2n) is 5.09. The number of hydrogen-bond acceptors (Lipinski definition) is 6. The van der Waals surface area contributed by atoms with Crippen molar-refractivity contribution in [2.75, 3.05) is 26.3 Å². The number of ether oxygens (including phenoxy) is 2. The average molecular weight is 345 g/mol. The van der Waals surface area contributed by atoms with Gasteiger partial charge in [-0.2, -0.15) is 9.57 Å². The van der Waals surface area contributed by atoms with Gasteiger partial charge in [0, 0.05) is 25.4 Å². The van der Waals surface area contributed by atoms with Gasteiger partial charge in [0.2, 0.25) is 15.9 Å². The standard InChI is InChI=1S/C16H15N3O4S/c17-11-13-1-6-16(18-12-13)23-14-2-4-15(5-3-14)24(20,21)19-7-9-22-10-8-19/h1-6,12H,7-10H2. The Morgan fingerprint density at radius 2 is 1.83 bits per heavy atom. The number of nitrogens with zero attached hydrogens (tertiary/aromatic N) is 3. The molecule has 24 heavy (non-hydrogen) atoms. The van der Waals surface area contributed by atoms with Crippen LogP contribution in [0.15, 0.2) is 47.5 Å². The molecule has 1 aromatic carbocycles. The van der Waals surface area contributed by atoms with E-state index in [9.17, 15) is 8.42 Å². The van der Waals surface area contributed by atoms with Crippen LogP contribution < -0.4 is 4.74 Å². The van der Waals surface area contributed by atoms with Crippen LogP contribution in [0.2, 0.25) is 0 Å². The van der Waals surface area contributed by atoms with Crippen molar-refractivity contribution in [3.8, 4) is 17.7 Å². The molecule has 1 aromatic heterocycles. The Hall–Kier alpha value is -2.47. The molecular formula is C16H15N3O4S. The summed E-state index contributed by atoms with van der Waals surface area (Å²) in [5.74, 6) is 0.797. The smallest absolute Gasteiger partial charge is 0.243 e. The van der Waals surface area contributed by atoms with Gasteiger partial charge in [0.1, 0.15) is 11.8 Å². The predicted molar refractivity (Wildman–Crippen MR) is 85.0 cm³/mol. The third-order valence-electron chi connectivity index (χ3n) is 3.52. The molecule has 124 valence electrons. The van der Waals surface area contributed by atoms with Gasteiger partial charge in [0.25, 0.3) is 0 Å². The second kappa shape index (κ2) is 6.97. The number of morpholine rings is 1. The van der Waals surface area contributed by atoms with E-state index < -0.39 is 10.0 Å². The summed E-state index contributed by atoms with van der Waals surface area (Å²) in [5, 5.41) is 8.73. The van der Waals surface area contributed by atoms with Crippen LogP contribution in [-0.4, -0.2) is 44.0 Å². The molecule has 1 fully saturated rings. The molecule has 2 aromatic rings. The van der Waals surface area contributed by atoms with Crippen molar-refractivity contribution in [3.63, 3.8) is 0 Å². The lowest BCUT2D eigenvalue weighted by molar-refractivity contribution is 0.0730. The van der Waals surface area contributed by atoms with Crippen molar-refractivity contribution in [2.45, 2.75) is 4.90 Å². The molecule has 0 radical (unpaired) electrons. The monoisotopic (exact) mass is 345 g/mol. The van der Waals surface area contributed by atoms with Gasteiger partial charge >= 0.3 is 0 Å². The summed E-state index contributed by atoms with van der Waals surface area (Å²) in [6.45, 7) is 1.53. The number of nitriles is 1. The summed E-state index contributed by atoms with van der Waals surface area (Å²) in [7, 11) is -3.51. The highest BCUT2D eigenvalue weighted by molar-refractivity contribution is 7.89. The zero-order valence-electron chi connectivity index (χ0n) is 12.8. The third-order valence-corrected chi connectivity index (χ3v) is 5.43. The van der Waals surface area contributed by atoms with E-state index in [1.165, 1.54) is 22.6 Å². The number of benzene rings is 1. The van der Waals surface area contributed by atoms with Gasteiger partial charge in [0.05, 0.1) is 23.7 Å². The minimum atomic E-state index is -3.51. The summed E-state index contributed by atoms with van der Waals surface area (Å²) < 4.78 is 37.2. The Labute approximate surface area is 140 Å². The number of aromatic nitrogens is 1. The molecule has 1 aliphatic heterocycles. The minimum Gasteiger partial charge on any atom is -0.439 e. The maximum atomic E-state index is 12.5. The highest BCUT2D eigenvalue weighted by atomic mass is 32.2. The minimum absolute atomic E-state index is 0.213. The Kier molecular flexibility index (Phi) is 4.76. The van der Waals surface area contributed by atoms with Gasteiger partial charge in [-0.15, -0.1) is 0 Å². The molecule has 0 spiro atoms. The summed E-state index contributed by atoms with van der Waals surface area (Å²) >= 11 is 0. The van der Waals surface area contributed by atoms with E-state index in [-0.39, 0.29) is 4.90 Å². The highest BCUT2D eigenvalue weighted by Gasteiger charge is 2.26. The molecule has 0 aliphatic carbocycles. The lowest BCUT2D eigenvalue weighted by Crippen LogP contribution is -2.40. The van der Waals surface area contributed by atoms with Crippen LogP contribution in [0.25, 0.3) is 0 Å². The SMILES string of the molecule is N#Cc1ccc(Oc2ccc(S(=O)(=O)N3CCOCC3)cc2)nc1. The van der Waals surface area contributed by atoms with E-state index in [0.717, 1.165) is 0 Å². The van der Waals surface area contributed by atoms with Gasteiger partial charge in [0.15, 0.2) is 0 Å².